The van der Waals surface area contributed by atoms with E-state index in [0.29, 0.717) is 54.2 Å². The summed E-state index contributed by atoms with van der Waals surface area (Å²) in [7, 11) is 3.91. The first-order chi connectivity index (χ1) is 20.8. The van der Waals surface area contributed by atoms with E-state index < -0.39 is 17.9 Å². The first-order valence-electron chi connectivity index (χ1n) is 12.9. The molecule has 0 saturated carbocycles. The summed E-state index contributed by atoms with van der Waals surface area (Å²) in [6, 6.07) is 14.4. The van der Waals surface area contributed by atoms with Gasteiger partial charge in [-0.2, -0.15) is 0 Å². The van der Waals surface area contributed by atoms with E-state index in [-0.39, 0.29) is 11.3 Å². The molecule has 3 aromatic rings. The molecule has 0 atom stereocenters. The Balaban J connectivity index is 0.000000337. The van der Waals surface area contributed by atoms with E-state index in [1.807, 2.05) is 0 Å². The van der Waals surface area contributed by atoms with Crippen molar-refractivity contribution < 1.29 is 38.1 Å². The van der Waals surface area contributed by atoms with Crippen molar-refractivity contribution >= 4 is 80.2 Å². The zero-order valence-corrected chi connectivity index (χ0v) is 28.7. The molecule has 236 valence electrons. The van der Waals surface area contributed by atoms with Crippen LogP contribution < -0.4 is 0 Å². The Labute approximate surface area is 280 Å². The number of benzene rings is 3. The van der Waals surface area contributed by atoms with Crippen molar-refractivity contribution in [1.82, 2.24) is 0 Å². The van der Waals surface area contributed by atoms with Crippen LogP contribution in [0, 0.1) is 0 Å². The van der Waals surface area contributed by atoms with Crippen LogP contribution in [0.15, 0.2) is 65.6 Å². The zero-order chi connectivity index (χ0) is 33.4. The van der Waals surface area contributed by atoms with Gasteiger partial charge in [0.05, 0.1) is 44.6 Å². The summed E-state index contributed by atoms with van der Waals surface area (Å²) < 4.78 is 20.0. The van der Waals surface area contributed by atoms with Gasteiger partial charge in [-0.3, -0.25) is 4.79 Å². The van der Waals surface area contributed by atoms with Crippen LogP contribution in [-0.4, -0.2) is 51.6 Å². The Morgan fingerprint density at radius 1 is 0.682 bits per heavy atom. The van der Waals surface area contributed by atoms with E-state index in [9.17, 15) is 19.2 Å². The lowest BCUT2D eigenvalue weighted by molar-refractivity contribution is 0.0590. The highest BCUT2D eigenvalue weighted by Gasteiger charge is 2.16. The highest BCUT2D eigenvalue weighted by molar-refractivity contribution is 9.10. The Hall–Kier alpha value is -3.37. The van der Waals surface area contributed by atoms with E-state index in [4.69, 9.17) is 44.3 Å². The predicted octanol–water partition coefficient (Wildman–Crippen LogP) is 9.13. The number of hydrogen-bond donors (Lipinski definition) is 0. The second-order valence-electron chi connectivity index (χ2n) is 8.66. The van der Waals surface area contributed by atoms with Crippen molar-refractivity contribution in [3.8, 4) is 0 Å². The lowest BCUT2D eigenvalue weighted by Crippen LogP contribution is -2.08. The Morgan fingerprint density at radius 3 is 1.55 bits per heavy atom. The van der Waals surface area contributed by atoms with Gasteiger partial charge in [-0.05, 0) is 83.9 Å². The molecule has 0 spiro atoms. The molecule has 3 aromatic carbocycles. The molecule has 8 nitrogen and oxygen atoms in total. The molecule has 0 aliphatic heterocycles. The second-order valence-corrected chi connectivity index (χ2v) is 10.8. The van der Waals surface area contributed by atoms with Gasteiger partial charge in [0, 0.05) is 30.7 Å². The van der Waals surface area contributed by atoms with Gasteiger partial charge in [0.25, 0.3) is 0 Å². The summed E-state index contributed by atoms with van der Waals surface area (Å²) in [5, 5.41) is 1.38. The van der Waals surface area contributed by atoms with Crippen LogP contribution in [0.25, 0.3) is 5.76 Å². The molecular formula is C32H32BrCl3O8. The number of unbranched alkanes of at least 4 members (excludes halogenated alkanes) is 1. The van der Waals surface area contributed by atoms with Gasteiger partial charge in [0.15, 0.2) is 5.78 Å². The molecule has 0 aliphatic rings. The van der Waals surface area contributed by atoms with Gasteiger partial charge in [0.2, 0.25) is 0 Å². The molecule has 0 aromatic heterocycles. The van der Waals surface area contributed by atoms with E-state index >= 15 is 0 Å². The van der Waals surface area contributed by atoms with Crippen molar-refractivity contribution in [2.24, 2.45) is 0 Å². The third kappa shape index (κ3) is 12.3. The first kappa shape index (κ1) is 38.7. The second kappa shape index (κ2) is 19.8. The number of carbonyl (C=O) groups excluding carboxylic acids is 4. The molecule has 0 N–H and O–H groups in total. The number of methoxy groups -OCH3 is 3. The van der Waals surface area contributed by atoms with E-state index in [1.165, 1.54) is 40.4 Å². The average molecular weight is 731 g/mol. The minimum absolute atomic E-state index is 0.193. The molecule has 0 radical (unpaired) electrons. The maximum absolute atomic E-state index is 11.6. The van der Waals surface area contributed by atoms with Crippen LogP contribution in [0.3, 0.4) is 0 Å². The molecule has 3 rings (SSSR count). The quantitative estimate of drug-likeness (QED) is 0.0706. The fourth-order valence-electron chi connectivity index (χ4n) is 3.32. The number of esters is 3. The first-order valence-corrected chi connectivity index (χ1v) is 14.9. The largest absolute Gasteiger partial charge is 0.494 e. The van der Waals surface area contributed by atoms with Crippen molar-refractivity contribution in [1.29, 1.82) is 0 Å². The number of ether oxygens (including phenoxy) is 4. The monoisotopic (exact) mass is 728 g/mol. The van der Waals surface area contributed by atoms with E-state index in [1.54, 1.807) is 42.5 Å². The van der Waals surface area contributed by atoms with Gasteiger partial charge >= 0.3 is 17.9 Å². The molecule has 0 heterocycles. The fourth-order valence-corrected chi connectivity index (χ4v) is 4.25. The smallest absolute Gasteiger partial charge is 0.339 e. The molecule has 44 heavy (non-hydrogen) atoms. The number of hydrogen-bond acceptors (Lipinski definition) is 8. The minimum Gasteiger partial charge on any atom is -0.494 e. The Morgan fingerprint density at radius 2 is 1.09 bits per heavy atom. The molecule has 0 fully saturated rings. The molecule has 0 bridgehead atoms. The van der Waals surface area contributed by atoms with Gasteiger partial charge in [-0.15, -0.1) is 0 Å². The molecule has 0 aliphatic carbocycles. The number of Topliss-reactive ketones (excluding diaryl/α,β-unsaturated/α-hetero) is 1. The molecule has 0 unspecified atom stereocenters. The molecule has 12 heteroatoms. The molecule has 0 saturated heterocycles. The Kier molecular flexibility index (Phi) is 17.4. The van der Waals surface area contributed by atoms with Crippen LogP contribution in [-0.2, 0) is 18.9 Å². The summed E-state index contributed by atoms with van der Waals surface area (Å²) in [6.07, 6.45) is 1.98. The van der Waals surface area contributed by atoms with Crippen LogP contribution in [0.1, 0.15) is 73.7 Å². The standard InChI is InChI=1S/C14H17ClO3.C10H9ClO3.C8H6BrClO2/c1-4-5-8-18-10(2)12-7-6-11(15)9-13(12)14(16)17-3;1-6(12)8-4-3-7(11)5-9(8)10(13)14-2;1-12-8(11)6-4-5(10)2-3-7(6)9/h6-7,9H,2,4-5,8H2,1,3H3;3-5H,1-2H3;2-4H,1H3. The lowest BCUT2D eigenvalue weighted by Gasteiger charge is -2.12. The summed E-state index contributed by atoms with van der Waals surface area (Å²) >= 11 is 20.5. The third-order valence-corrected chi connectivity index (χ3v) is 6.96. The summed E-state index contributed by atoms with van der Waals surface area (Å²) in [6.45, 7) is 7.87. The average Bonchev–Trinajstić information content (AvgIpc) is 3.01. The van der Waals surface area contributed by atoms with E-state index in [2.05, 4.69) is 38.9 Å². The maximum atomic E-state index is 11.6. The van der Waals surface area contributed by atoms with Crippen LogP contribution >= 0.6 is 50.7 Å². The lowest BCUT2D eigenvalue weighted by atomic mass is 10.0. The zero-order valence-electron chi connectivity index (χ0n) is 24.8. The van der Waals surface area contributed by atoms with Gasteiger partial charge < -0.3 is 18.9 Å². The number of halogens is 4. The molecule has 0 amide bonds. The van der Waals surface area contributed by atoms with Crippen molar-refractivity contribution in [2.75, 3.05) is 27.9 Å². The van der Waals surface area contributed by atoms with Gasteiger partial charge in [-0.25, -0.2) is 14.4 Å². The highest BCUT2D eigenvalue weighted by Crippen LogP contribution is 2.24. The number of rotatable bonds is 9. The topological polar surface area (TPSA) is 105 Å². The number of ketones is 1. The van der Waals surface area contributed by atoms with Crippen molar-refractivity contribution in [3.05, 3.63) is 109 Å². The number of carbonyl (C=O) groups is 4. The highest BCUT2D eigenvalue weighted by atomic mass is 79.9. The van der Waals surface area contributed by atoms with Crippen LogP contribution in [0.5, 0.6) is 0 Å². The third-order valence-electron chi connectivity index (χ3n) is 5.56. The summed E-state index contributed by atoms with van der Waals surface area (Å²) in [5.74, 6) is -1.14. The fraction of sp³-hybridized carbons (Fsp3) is 0.250. The SMILES string of the molecule is C=C(OCCCC)c1ccc(Cl)cc1C(=O)OC.COC(=O)c1cc(Cl)ccc1Br.COC(=O)c1cc(Cl)ccc1C(C)=O. The predicted molar refractivity (Wildman–Crippen MR) is 176 cm³/mol. The van der Waals surface area contributed by atoms with Gasteiger partial charge in [0.1, 0.15) is 5.76 Å². The summed E-state index contributed by atoms with van der Waals surface area (Å²) in [5.41, 5.74) is 1.94. The van der Waals surface area contributed by atoms with Crippen molar-refractivity contribution in [3.63, 3.8) is 0 Å². The van der Waals surface area contributed by atoms with E-state index in [0.717, 1.165) is 12.8 Å². The normalized spacial score (nSPS) is 9.75. The van der Waals surface area contributed by atoms with Crippen molar-refractivity contribution in [2.45, 2.75) is 26.7 Å². The minimum atomic E-state index is -0.558. The van der Waals surface area contributed by atoms with Gasteiger partial charge in [-0.1, -0.05) is 54.7 Å². The van der Waals surface area contributed by atoms with Crippen LogP contribution in [0.2, 0.25) is 15.1 Å². The molecular weight excluding hydrogens is 699 g/mol. The van der Waals surface area contributed by atoms with Crippen LogP contribution in [0.4, 0.5) is 0 Å². The maximum Gasteiger partial charge on any atom is 0.339 e. The Bertz CT molecular complexity index is 1490. The summed E-state index contributed by atoms with van der Waals surface area (Å²) in [4.78, 5) is 45.1.